The Kier molecular flexibility index (Phi) is 16.6. The molecule has 0 spiro atoms. The zero-order valence-electron chi connectivity index (χ0n) is 32.7. The molecule has 1 saturated carbocycles. The number of Topliss-reactive ketones (excluding diaryl/α,β-unsaturated/α-hetero) is 1. The topological polar surface area (TPSA) is 229 Å². The summed E-state index contributed by atoms with van der Waals surface area (Å²) >= 11 is 6.11. The molecular weight excluding hydrogens is 734 g/mol. The first-order chi connectivity index (χ1) is 25.8. The smallest absolute Gasteiger partial charge is 0.274 e. The van der Waals surface area contributed by atoms with Crippen LogP contribution in [0.1, 0.15) is 81.1 Å². The van der Waals surface area contributed by atoms with E-state index in [0.717, 1.165) is 13.0 Å². The van der Waals surface area contributed by atoms with Gasteiger partial charge in [0.1, 0.15) is 41.7 Å². The number of phenols is 1. The second-order valence-electron chi connectivity index (χ2n) is 15.5. The highest BCUT2D eigenvalue weighted by atomic mass is 35.5. The van der Waals surface area contributed by atoms with Crippen LogP contribution in [-0.4, -0.2) is 120 Å². The number of hydrogen-bond acceptors (Lipinski definition) is 10. The number of aromatic nitrogens is 1. The molecule has 16 nitrogen and oxygen atoms in total. The third-order valence-electron chi connectivity index (χ3n) is 9.60. The van der Waals surface area contributed by atoms with Gasteiger partial charge in [0.2, 0.25) is 23.6 Å². The molecule has 0 bridgehead atoms. The molecule has 6 atom stereocenters. The summed E-state index contributed by atoms with van der Waals surface area (Å²) in [6.07, 6.45) is 3.30. The van der Waals surface area contributed by atoms with Crippen molar-refractivity contribution >= 4 is 46.9 Å². The van der Waals surface area contributed by atoms with Gasteiger partial charge in [0.25, 0.3) is 5.91 Å². The zero-order chi connectivity index (χ0) is 41.0. The second kappa shape index (κ2) is 20.4. The van der Waals surface area contributed by atoms with Gasteiger partial charge in [-0.15, -0.1) is 0 Å². The van der Waals surface area contributed by atoms with Crippen molar-refractivity contribution in [3.63, 3.8) is 0 Å². The molecule has 1 aliphatic rings. The summed E-state index contributed by atoms with van der Waals surface area (Å²) in [4.78, 5) is 80.2. The van der Waals surface area contributed by atoms with Gasteiger partial charge in [-0.05, 0) is 75.5 Å². The molecule has 2 aromatic rings. The molecule has 1 unspecified atom stereocenters. The van der Waals surface area contributed by atoms with E-state index in [2.05, 4.69) is 31.7 Å². The van der Waals surface area contributed by atoms with Crippen LogP contribution >= 0.6 is 11.6 Å². The number of halogens is 1. The Hall–Kier alpha value is -4.54. The van der Waals surface area contributed by atoms with E-state index in [9.17, 15) is 39.0 Å². The number of aliphatic hydroxyl groups is 1. The molecule has 304 valence electrons. The number of carbonyl (C=O) groups excluding carboxylic acids is 6. The highest BCUT2D eigenvalue weighted by Crippen LogP contribution is 2.33. The Labute approximate surface area is 327 Å². The number of amides is 5. The van der Waals surface area contributed by atoms with E-state index in [-0.39, 0.29) is 41.1 Å². The van der Waals surface area contributed by atoms with Crippen LogP contribution in [0.15, 0.2) is 28.8 Å². The average Bonchev–Trinajstić information content (AvgIpc) is 3.87. The van der Waals surface area contributed by atoms with Crippen LogP contribution < -0.4 is 26.6 Å². The van der Waals surface area contributed by atoms with Crippen molar-refractivity contribution in [2.45, 2.75) is 103 Å². The Morgan fingerprint density at radius 1 is 0.909 bits per heavy atom. The average molecular weight is 791 g/mol. The highest BCUT2D eigenvalue weighted by molar-refractivity contribution is 6.32. The van der Waals surface area contributed by atoms with Gasteiger partial charge in [0.15, 0.2) is 11.5 Å². The van der Waals surface area contributed by atoms with E-state index in [0.29, 0.717) is 41.5 Å². The first-order valence-corrected chi connectivity index (χ1v) is 19.1. The van der Waals surface area contributed by atoms with Crippen LogP contribution in [0, 0.1) is 18.8 Å². The number of carbonyl (C=O) groups is 6. The molecule has 17 heteroatoms. The van der Waals surface area contributed by atoms with Crippen molar-refractivity contribution in [2.75, 3.05) is 34.3 Å². The van der Waals surface area contributed by atoms with Gasteiger partial charge in [-0.1, -0.05) is 43.1 Å². The van der Waals surface area contributed by atoms with Gasteiger partial charge in [-0.25, -0.2) is 0 Å². The Bertz CT molecular complexity index is 1670. The predicted molar refractivity (Wildman–Crippen MR) is 204 cm³/mol. The lowest BCUT2D eigenvalue weighted by Gasteiger charge is -2.29. The Balaban J connectivity index is 1.81. The van der Waals surface area contributed by atoms with Gasteiger partial charge in [-0.3, -0.25) is 28.8 Å². The first kappa shape index (κ1) is 44.9. The number of aliphatic hydroxyl groups excluding tert-OH is 1. The molecule has 1 heterocycles. The standard InChI is InChI=1S/C38H56ClN7O9/c1-8-21(2)32(37(53)40-27(11-9-10-16-46(5,6)7)34(50)42-30(20-47)23(4)48)43-38(54)33(25-13-14-25)44-35(51)28(19-24-12-15-31(49)26(39)18-24)41-36(52)29-17-22(3)55-45-29/h12,15,17-18,21,25,27-28,30,32-33,47H,8-11,13-14,16,19-20H2,1-7H3,(H5-,40,41,42,43,44,49,50,51,52,53,54)/p+1/t21-,27-,28-,30-,32?,33-/m0/s1. The lowest BCUT2D eigenvalue weighted by Crippen LogP contribution is -2.60. The first-order valence-electron chi connectivity index (χ1n) is 18.7. The summed E-state index contributed by atoms with van der Waals surface area (Å²) in [6.45, 7) is 6.71. The monoisotopic (exact) mass is 790 g/mol. The summed E-state index contributed by atoms with van der Waals surface area (Å²) in [5, 5.41) is 36.9. The van der Waals surface area contributed by atoms with Gasteiger partial charge in [-0.2, -0.15) is 0 Å². The maximum absolute atomic E-state index is 14.0. The van der Waals surface area contributed by atoms with Crippen LogP contribution in [-0.2, 0) is 30.4 Å². The normalized spacial score (nSPS) is 16.1. The largest absolute Gasteiger partial charge is 0.506 e. The molecular formula is C38H57ClN7O9+. The van der Waals surface area contributed by atoms with Crippen LogP contribution in [0.4, 0.5) is 0 Å². The predicted octanol–water partition coefficient (Wildman–Crippen LogP) is 1.54. The van der Waals surface area contributed by atoms with Crippen molar-refractivity contribution < 1.29 is 48.0 Å². The van der Waals surface area contributed by atoms with E-state index in [4.69, 9.17) is 16.1 Å². The zero-order valence-corrected chi connectivity index (χ0v) is 33.5. The van der Waals surface area contributed by atoms with Crippen molar-refractivity contribution in [1.82, 2.24) is 31.7 Å². The summed E-state index contributed by atoms with van der Waals surface area (Å²) in [5.74, 6) is -4.05. The molecule has 0 aliphatic heterocycles. The highest BCUT2D eigenvalue weighted by Gasteiger charge is 2.41. The summed E-state index contributed by atoms with van der Waals surface area (Å²) in [7, 11) is 6.13. The van der Waals surface area contributed by atoms with E-state index in [1.165, 1.54) is 25.1 Å². The maximum Gasteiger partial charge on any atom is 0.274 e. The Morgan fingerprint density at radius 2 is 1.56 bits per heavy atom. The summed E-state index contributed by atoms with van der Waals surface area (Å²) < 4.78 is 5.72. The molecule has 1 aromatic heterocycles. The summed E-state index contributed by atoms with van der Waals surface area (Å²) in [6, 6.07) is 0.249. The number of aryl methyl sites for hydroxylation is 1. The summed E-state index contributed by atoms with van der Waals surface area (Å²) in [5.41, 5.74) is 0.469. The van der Waals surface area contributed by atoms with Gasteiger partial charge >= 0.3 is 0 Å². The lowest BCUT2D eigenvalue weighted by molar-refractivity contribution is -0.870. The molecule has 1 aliphatic carbocycles. The number of nitrogens with one attached hydrogen (secondary N) is 5. The number of unbranched alkanes of at least 4 members (excludes halogenated alkanes) is 1. The van der Waals surface area contributed by atoms with E-state index >= 15 is 0 Å². The number of aromatic hydroxyl groups is 1. The van der Waals surface area contributed by atoms with Crippen LogP contribution in [0.25, 0.3) is 0 Å². The number of ketones is 1. The van der Waals surface area contributed by atoms with Crippen molar-refractivity contribution in [3.8, 4) is 5.75 Å². The van der Waals surface area contributed by atoms with Crippen LogP contribution in [0.2, 0.25) is 5.02 Å². The third kappa shape index (κ3) is 14.2. The lowest BCUT2D eigenvalue weighted by atomic mass is 9.96. The third-order valence-corrected chi connectivity index (χ3v) is 9.90. The van der Waals surface area contributed by atoms with Crippen molar-refractivity contribution in [1.29, 1.82) is 0 Å². The molecule has 1 aromatic carbocycles. The number of benzene rings is 1. The number of hydrogen-bond donors (Lipinski definition) is 7. The SMILES string of the molecule is CC[C@H](C)C(NC(=O)[C@@H](NC(=O)[C@H](Cc1ccc(O)c(Cl)c1)NC(=O)c1cc(C)on1)C1CC1)C(=O)N[C@@H](CCCC[N+](C)(C)C)C(=O)N[C@@H](CO)C(C)=O. The molecule has 0 radical (unpaired) electrons. The fourth-order valence-electron chi connectivity index (χ4n) is 5.87. The molecule has 5 amide bonds. The Morgan fingerprint density at radius 3 is 2.11 bits per heavy atom. The number of nitrogens with zero attached hydrogens (tertiary/aromatic N) is 2. The van der Waals surface area contributed by atoms with Gasteiger partial charge < -0.3 is 45.8 Å². The van der Waals surface area contributed by atoms with Crippen molar-refractivity contribution in [2.24, 2.45) is 11.8 Å². The number of rotatable bonds is 22. The number of quaternary nitrogens is 1. The number of phenolic OH excluding ortho intramolecular Hbond substituents is 1. The molecule has 1 fully saturated rings. The quantitative estimate of drug-likeness (QED) is 0.0672. The van der Waals surface area contributed by atoms with Gasteiger partial charge in [0.05, 0.1) is 39.3 Å². The van der Waals surface area contributed by atoms with Crippen LogP contribution in [0.3, 0.4) is 0 Å². The van der Waals surface area contributed by atoms with E-state index in [1.807, 2.05) is 28.1 Å². The van der Waals surface area contributed by atoms with E-state index < -0.39 is 72.1 Å². The minimum absolute atomic E-state index is 0.0496. The second-order valence-corrected chi connectivity index (χ2v) is 15.9. The maximum atomic E-state index is 14.0. The van der Waals surface area contributed by atoms with Gasteiger partial charge in [0, 0.05) is 12.5 Å². The minimum Gasteiger partial charge on any atom is -0.506 e. The van der Waals surface area contributed by atoms with E-state index in [1.54, 1.807) is 19.9 Å². The molecule has 0 saturated heterocycles. The fraction of sp³-hybridized carbons (Fsp3) is 0.605. The minimum atomic E-state index is -1.21. The molecule has 7 N–H and O–H groups in total. The fourth-order valence-corrected chi connectivity index (χ4v) is 6.07. The molecule has 55 heavy (non-hydrogen) atoms. The van der Waals surface area contributed by atoms with Crippen molar-refractivity contribution in [3.05, 3.63) is 46.3 Å². The van der Waals surface area contributed by atoms with Crippen LogP contribution in [0.5, 0.6) is 5.75 Å². The molecule has 3 rings (SSSR count).